The average molecular weight is 400 g/mol. The maximum absolute atomic E-state index is 13.1. The molecule has 0 bridgehead atoms. The summed E-state index contributed by atoms with van der Waals surface area (Å²) in [6.45, 7) is 2.80. The van der Waals surface area contributed by atoms with Gasteiger partial charge in [0.1, 0.15) is 0 Å². The lowest BCUT2D eigenvalue weighted by Crippen LogP contribution is -2.49. The standard InChI is InChI=1S/C26H29N3O/c1-27-25(30)26(13-17-29(18-14-26)20-21-7-3-2-4-8-21)19-23-9-5-6-10-24(23)22-11-15-28-16-12-22/h2-12,15-16H,13-14,17-20H2,1H3,(H,27,30). The molecule has 0 atom stereocenters. The molecule has 0 unspecified atom stereocenters. The van der Waals surface area contributed by atoms with Crippen molar-refractivity contribution in [2.24, 2.45) is 5.41 Å². The highest BCUT2D eigenvalue weighted by Gasteiger charge is 2.41. The number of hydrogen-bond acceptors (Lipinski definition) is 3. The van der Waals surface area contributed by atoms with Crippen molar-refractivity contribution >= 4 is 5.91 Å². The number of rotatable bonds is 6. The van der Waals surface area contributed by atoms with Crippen molar-refractivity contribution in [3.8, 4) is 11.1 Å². The second-order valence-electron chi connectivity index (χ2n) is 8.19. The van der Waals surface area contributed by atoms with Crippen molar-refractivity contribution in [2.45, 2.75) is 25.8 Å². The number of pyridine rings is 1. The molecule has 4 nitrogen and oxygen atoms in total. The van der Waals surface area contributed by atoms with Crippen molar-refractivity contribution in [2.75, 3.05) is 20.1 Å². The van der Waals surface area contributed by atoms with Gasteiger partial charge < -0.3 is 5.32 Å². The SMILES string of the molecule is CNC(=O)C1(Cc2ccccc2-c2ccncc2)CCN(Cc2ccccc2)CC1. The zero-order valence-electron chi connectivity index (χ0n) is 17.6. The summed E-state index contributed by atoms with van der Waals surface area (Å²) >= 11 is 0. The van der Waals surface area contributed by atoms with Crippen LogP contribution in [0.15, 0.2) is 79.1 Å². The highest BCUT2D eigenvalue weighted by molar-refractivity contribution is 5.83. The molecule has 1 N–H and O–H groups in total. The molecule has 1 fully saturated rings. The molecule has 1 aromatic heterocycles. The van der Waals surface area contributed by atoms with Crippen LogP contribution in [0.1, 0.15) is 24.0 Å². The van der Waals surface area contributed by atoms with Crippen LogP contribution in [0.3, 0.4) is 0 Å². The Morgan fingerprint density at radius 1 is 0.967 bits per heavy atom. The molecule has 0 spiro atoms. The minimum Gasteiger partial charge on any atom is -0.359 e. The number of hydrogen-bond donors (Lipinski definition) is 1. The molecular weight excluding hydrogens is 370 g/mol. The van der Waals surface area contributed by atoms with Gasteiger partial charge in [0.25, 0.3) is 0 Å². The van der Waals surface area contributed by atoms with Crippen LogP contribution in [0.5, 0.6) is 0 Å². The van der Waals surface area contributed by atoms with E-state index in [0.717, 1.165) is 44.5 Å². The lowest BCUT2D eigenvalue weighted by Gasteiger charge is -2.41. The Bertz CT molecular complexity index is 964. The van der Waals surface area contributed by atoms with Crippen molar-refractivity contribution in [3.05, 3.63) is 90.3 Å². The molecule has 154 valence electrons. The first-order valence-electron chi connectivity index (χ1n) is 10.7. The number of likely N-dealkylation sites (tertiary alicyclic amines) is 1. The summed E-state index contributed by atoms with van der Waals surface area (Å²) in [5, 5.41) is 2.95. The van der Waals surface area contributed by atoms with Crippen molar-refractivity contribution in [1.82, 2.24) is 15.2 Å². The third-order valence-electron chi connectivity index (χ3n) is 6.31. The van der Waals surface area contributed by atoms with Gasteiger partial charge in [0.05, 0.1) is 5.41 Å². The number of aromatic nitrogens is 1. The van der Waals surface area contributed by atoms with Crippen molar-refractivity contribution < 1.29 is 4.79 Å². The van der Waals surface area contributed by atoms with Gasteiger partial charge in [0, 0.05) is 26.0 Å². The van der Waals surface area contributed by atoms with Crippen LogP contribution in [0.4, 0.5) is 0 Å². The number of carbonyl (C=O) groups is 1. The molecule has 3 aromatic rings. The summed E-state index contributed by atoms with van der Waals surface area (Å²) in [5.74, 6) is 0.159. The quantitative estimate of drug-likeness (QED) is 0.671. The van der Waals surface area contributed by atoms with E-state index in [9.17, 15) is 4.79 Å². The number of benzene rings is 2. The second-order valence-corrected chi connectivity index (χ2v) is 8.19. The molecule has 2 heterocycles. The number of nitrogens with one attached hydrogen (secondary N) is 1. The molecule has 1 saturated heterocycles. The summed E-state index contributed by atoms with van der Waals surface area (Å²) in [6.07, 6.45) is 6.13. The first-order valence-corrected chi connectivity index (χ1v) is 10.7. The van der Waals surface area contributed by atoms with E-state index in [1.54, 1.807) is 7.05 Å². The maximum Gasteiger partial charge on any atom is 0.226 e. The molecule has 0 radical (unpaired) electrons. The zero-order chi connectivity index (χ0) is 20.8. The smallest absolute Gasteiger partial charge is 0.226 e. The Balaban J connectivity index is 1.54. The molecule has 1 aliphatic heterocycles. The largest absolute Gasteiger partial charge is 0.359 e. The predicted octanol–water partition coefficient (Wildman–Crippen LogP) is 4.32. The highest BCUT2D eigenvalue weighted by Crippen LogP contribution is 2.38. The van der Waals surface area contributed by atoms with E-state index in [4.69, 9.17) is 0 Å². The highest BCUT2D eigenvalue weighted by atomic mass is 16.2. The minimum absolute atomic E-state index is 0.159. The fourth-order valence-electron chi connectivity index (χ4n) is 4.58. The summed E-state index contributed by atoms with van der Waals surface area (Å²) < 4.78 is 0. The number of amides is 1. The summed E-state index contributed by atoms with van der Waals surface area (Å²) in [4.78, 5) is 19.7. The molecule has 4 rings (SSSR count). The topological polar surface area (TPSA) is 45.2 Å². The first kappa shape index (κ1) is 20.3. The Kier molecular flexibility index (Phi) is 6.24. The van der Waals surface area contributed by atoms with Gasteiger partial charge in [0.2, 0.25) is 5.91 Å². The van der Waals surface area contributed by atoms with E-state index in [-0.39, 0.29) is 11.3 Å². The molecule has 30 heavy (non-hydrogen) atoms. The van der Waals surface area contributed by atoms with E-state index in [2.05, 4.69) is 69.8 Å². The fourth-order valence-corrected chi connectivity index (χ4v) is 4.58. The Morgan fingerprint density at radius 3 is 2.33 bits per heavy atom. The lowest BCUT2D eigenvalue weighted by atomic mass is 9.72. The Labute approximate surface area is 179 Å². The van der Waals surface area contributed by atoms with Gasteiger partial charge in [-0.15, -0.1) is 0 Å². The van der Waals surface area contributed by atoms with E-state index in [0.29, 0.717) is 0 Å². The molecule has 0 saturated carbocycles. The zero-order valence-corrected chi connectivity index (χ0v) is 17.6. The Morgan fingerprint density at radius 2 is 1.63 bits per heavy atom. The van der Waals surface area contributed by atoms with Gasteiger partial charge in [-0.2, -0.15) is 0 Å². The Hall–Kier alpha value is -2.98. The third kappa shape index (κ3) is 4.44. The van der Waals surface area contributed by atoms with Crippen LogP contribution in [0, 0.1) is 5.41 Å². The molecular formula is C26H29N3O. The van der Waals surface area contributed by atoms with Crippen LogP contribution in [0.25, 0.3) is 11.1 Å². The van der Waals surface area contributed by atoms with E-state index < -0.39 is 0 Å². The first-order chi connectivity index (χ1) is 14.7. The van der Waals surface area contributed by atoms with Gasteiger partial charge >= 0.3 is 0 Å². The van der Waals surface area contributed by atoms with Crippen molar-refractivity contribution in [1.29, 1.82) is 0 Å². The van der Waals surface area contributed by atoms with Crippen LogP contribution < -0.4 is 5.32 Å². The van der Waals surface area contributed by atoms with E-state index >= 15 is 0 Å². The van der Waals surface area contributed by atoms with Crippen LogP contribution in [-0.4, -0.2) is 35.9 Å². The average Bonchev–Trinajstić information content (AvgIpc) is 2.81. The molecule has 1 amide bonds. The normalized spacial score (nSPS) is 16.2. The molecule has 1 aliphatic rings. The van der Waals surface area contributed by atoms with Crippen molar-refractivity contribution in [3.63, 3.8) is 0 Å². The third-order valence-corrected chi connectivity index (χ3v) is 6.31. The summed E-state index contributed by atoms with van der Waals surface area (Å²) in [5.41, 5.74) is 4.52. The van der Waals surface area contributed by atoms with Crippen LogP contribution in [0.2, 0.25) is 0 Å². The van der Waals surface area contributed by atoms with Gasteiger partial charge in [-0.05, 0) is 66.7 Å². The minimum atomic E-state index is -0.370. The summed E-state index contributed by atoms with van der Waals surface area (Å²) in [7, 11) is 1.76. The number of carbonyl (C=O) groups excluding carboxylic acids is 1. The second kappa shape index (κ2) is 9.23. The lowest BCUT2D eigenvalue weighted by molar-refractivity contribution is -0.133. The van der Waals surface area contributed by atoms with Gasteiger partial charge in [-0.1, -0.05) is 54.6 Å². The number of piperidine rings is 1. The van der Waals surface area contributed by atoms with E-state index in [1.807, 2.05) is 24.5 Å². The van der Waals surface area contributed by atoms with E-state index in [1.165, 1.54) is 16.7 Å². The van der Waals surface area contributed by atoms with Gasteiger partial charge in [0.15, 0.2) is 0 Å². The maximum atomic E-state index is 13.1. The molecule has 2 aromatic carbocycles. The monoisotopic (exact) mass is 399 g/mol. The molecule has 0 aliphatic carbocycles. The number of nitrogens with zero attached hydrogens (tertiary/aromatic N) is 2. The van der Waals surface area contributed by atoms with Gasteiger partial charge in [-0.25, -0.2) is 0 Å². The molecule has 4 heteroatoms. The predicted molar refractivity (Wildman–Crippen MR) is 121 cm³/mol. The van der Waals surface area contributed by atoms with Crippen LogP contribution in [-0.2, 0) is 17.8 Å². The summed E-state index contributed by atoms with van der Waals surface area (Å²) in [6, 6.07) is 23.1. The van der Waals surface area contributed by atoms with Gasteiger partial charge in [-0.3, -0.25) is 14.7 Å². The fraction of sp³-hybridized carbons (Fsp3) is 0.308. The van der Waals surface area contributed by atoms with Crippen LogP contribution >= 0.6 is 0 Å².